The Morgan fingerprint density at radius 1 is 1.16 bits per heavy atom. The van der Waals surface area contributed by atoms with E-state index in [2.05, 4.69) is 20.2 Å². The van der Waals surface area contributed by atoms with E-state index in [9.17, 15) is 13.2 Å². The predicted octanol–water partition coefficient (Wildman–Crippen LogP) is 2.32. The molecule has 3 aromatic rings. The lowest BCUT2D eigenvalue weighted by Gasteiger charge is -2.31. The van der Waals surface area contributed by atoms with Gasteiger partial charge in [-0.2, -0.15) is 4.31 Å². The molecule has 1 aliphatic rings. The van der Waals surface area contributed by atoms with Gasteiger partial charge in [0.15, 0.2) is 0 Å². The zero-order chi connectivity index (χ0) is 21.8. The number of aromatic nitrogens is 2. The van der Waals surface area contributed by atoms with Crippen LogP contribution in [0.15, 0.2) is 59.1 Å². The number of pyridine rings is 1. The largest absolute Gasteiger partial charge is 0.326 e. The summed E-state index contributed by atoms with van der Waals surface area (Å²) in [5, 5.41) is 5.43. The number of carbonyl (C=O) groups excluding carboxylic acids is 1. The highest BCUT2D eigenvalue weighted by Gasteiger charge is 2.27. The second-order valence-corrected chi connectivity index (χ2v) is 10.1. The van der Waals surface area contributed by atoms with Gasteiger partial charge in [-0.05, 0) is 37.4 Å². The zero-order valence-electron chi connectivity index (χ0n) is 17.1. The Hall–Kier alpha value is -2.66. The summed E-state index contributed by atoms with van der Waals surface area (Å²) in [5.41, 5.74) is 2.01. The van der Waals surface area contributed by atoms with Crippen LogP contribution in [0.3, 0.4) is 0 Å². The number of thiazole rings is 1. The molecule has 0 spiro atoms. The molecule has 2 aromatic heterocycles. The molecule has 8 nitrogen and oxygen atoms in total. The normalized spacial score (nSPS) is 15.6. The van der Waals surface area contributed by atoms with Crippen LogP contribution in [0.2, 0.25) is 0 Å². The fraction of sp³-hybridized carbons (Fsp3) is 0.286. The maximum Gasteiger partial charge on any atom is 0.243 e. The van der Waals surface area contributed by atoms with E-state index in [1.807, 2.05) is 24.6 Å². The van der Waals surface area contributed by atoms with Gasteiger partial charge in [0.2, 0.25) is 15.9 Å². The number of nitrogens with zero attached hydrogens (tertiary/aromatic N) is 4. The molecule has 0 atom stereocenters. The smallest absolute Gasteiger partial charge is 0.243 e. The monoisotopic (exact) mass is 457 g/mol. The molecule has 0 unspecified atom stereocenters. The van der Waals surface area contributed by atoms with Crippen LogP contribution in [0.25, 0.3) is 10.6 Å². The fourth-order valence-electron chi connectivity index (χ4n) is 3.29. The van der Waals surface area contributed by atoms with Crippen LogP contribution in [-0.2, 0) is 21.2 Å². The van der Waals surface area contributed by atoms with Crippen LogP contribution >= 0.6 is 11.3 Å². The molecule has 1 saturated heterocycles. The average Bonchev–Trinajstić information content (AvgIpc) is 3.23. The third kappa shape index (κ3) is 5.16. The number of amides is 1. The molecule has 31 heavy (non-hydrogen) atoms. The lowest BCUT2D eigenvalue weighted by molar-refractivity contribution is -0.115. The van der Waals surface area contributed by atoms with E-state index in [4.69, 9.17) is 0 Å². The Kier molecular flexibility index (Phi) is 6.42. The van der Waals surface area contributed by atoms with E-state index < -0.39 is 10.0 Å². The number of nitrogens with one attached hydrogen (secondary N) is 1. The van der Waals surface area contributed by atoms with Crippen LogP contribution in [0, 0.1) is 0 Å². The second-order valence-electron chi connectivity index (χ2n) is 7.35. The number of carbonyl (C=O) groups is 1. The summed E-state index contributed by atoms with van der Waals surface area (Å²) in [6.07, 6.45) is 3.53. The van der Waals surface area contributed by atoms with Crippen molar-refractivity contribution in [2.75, 3.05) is 38.5 Å². The lowest BCUT2D eigenvalue weighted by Crippen LogP contribution is -2.47. The molecule has 3 heterocycles. The van der Waals surface area contributed by atoms with Gasteiger partial charge >= 0.3 is 0 Å². The summed E-state index contributed by atoms with van der Waals surface area (Å²) in [4.78, 5) is 23.4. The van der Waals surface area contributed by atoms with Crippen molar-refractivity contribution in [2.24, 2.45) is 0 Å². The Labute approximate surface area is 185 Å². The predicted molar refractivity (Wildman–Crippen MR) is 120 cm³/mol. The summed E-state index contributed by atoms with van der Waals surface area (Å²) < 4.78 is 27.4. The van der Waals surface area contributed by atoms with Gasteiger partial charge in [0.05, 0.1) is 17.0 Å². The van der Waals surface area contributed by atoms with Gasteiger partial charge in [-0.3, -0.25) is 9.78 Å². The van der Waals surface area contributed by atoms with Gasteiger partial charge in [0.25, 0.3) is 0 Å². The number of likely N-dealkylation sites (N-methyl/N-ethyl adjacent to an activating group) is 1. The van der Waals surface area contributed by atoms with Crippen molar-refractivity contribution in [2.45, 2.75) is 11.3 Å². The standard InChI is InChI=1S/C21H23N5O3S2/c1-25-8-10-26(11-9-25)31(28,29)19-6-2-5-17(12-19)23-20(27)13-18-15-30-21(24-18)16-4-3-7-22-14-16/h2-7,12,14-15H,8-11,13H2,1H3,(H,23,27). The first kappa shape index (κ1) is 21.6. The topological polar surface area (TPSA) is 95.5 Å². The first-order valence-electron chi connectivity index (χ1n) is 9.85. The number of rotatable bonds is 6. The van der Waals surface area contributed by atoms with Gasteiger partial charge in [0.1, 0.15) is 5.01 Å². The van der Waals surface area contributed by atoms with Crippen molar-refractivity contribution in [3.8, 4) is 10.6 Å². The van der Waals surface area contributed by atoms with E-state index in [0.29, 0.717) is 37.6 Å². The number of sulfonamides is 1. The molecule has 162 valence electrons. The number of piperazine rings is 1. The highest BCUT2D eigenvalue weighted by molar-refractivity contribution is 7.89. The summed E-state index contributed by atoms with van der Waals surface area (Å²) in [7, 11) is -1.62. The highest BCUT2D eigenvalue weighted by Crippen LogP contribution is 2.24. The zero-order valence-corrected chi connectivity index (χ0v) is 18.7. The molecule has 0 saturated carbocycles. The number of anilines is 1. The van der Waals surface area contributed by atoms with Crippen molar-refractivity contribution >= 4 is 33.0 Å². The molecule has 1 aliphatic heterocycles. The third-order valence-electron chi connectivity index (χ3n) is 5.02. The van der Waals surface area contributed by atoms with Gasteiger partial charge in [-0.1, -0.05) is 6.07 Å². The van der Waals surface area contributed by atoms with Gasteiger partial charge in [-0.25, -0.2) is 13.4 Å². The van der Waals surface area contributed by atoms with Gasteiger partial charge < -0.3 is 10.2 Å². The Bertz CT molecular complexity index is 1160. The minimum absolute atomic E-state index is 0.103. The van der Waals surface area contributed by atoms with Crippen molar-refractivity contribution < 1.29 is 13.2 Å². The van der Waals surface area contributed by atoms with E-state index in [1.54, 1.807) is 30.6 Å². The molecule has 0 radical (unpaired) electrons. The van der Waals surface area contributed by atoms with Crippen molar-refractivity contribution in [1.82, 2.24) is 19.2 Å². The van der Waals surface area contributed by atoms with Gasteiger partial charge in [0, 0.05) is 55.2 Å². The molecule has 1 aromatic carbocycles. The first-order valence-corrected chi connectivity index (χ1v) is 12.2. The molecular weight excluding hydrogens is 434 g/mol. The molecule has 1 fully saturated rings. The van der Waals surface area contributed by atoms with Crippen LogP contribution in [0.5, 0.6) is 0 Å². The summed E-state index contributed by atoms with van der Waals surface area (Å²) in [5.74, 6) is -0.253. The molecule has 10 heteroatoms. The summed E-state index contributed by atoms with van der Waals surface area (Å²) >= 11 is 1.45. The number of benzene rings is 1. The maximum atomic E-state index is 12.9. The van der Waals surface area contributed by atoms with Crippen LogP contribution in [0.4, 0.5) is 5.69 Å². The Morgan fingerprint density at radius 3 is 2.71 bits per heavy atom. The quantitative estimate of drug-likeness (QED) is 0.610. The number of hydrogen-bond donors (Lipinski definition) is 1. The number of hydrogen-bond acceptors (Lipinski definition) is 7. The minimum atomic E-state index is -3.59. The molecule has 1 amide bonds. The first-order chi connectivity index (χ1) is 14.9. The summed E-state index contributed by atoms with van der Waals surface area (Å²) in [6.45, 7) is 2.31. The molecule has 0 bridgehead atoms. The second kappa shape index (κ2) is 9.23. The molecular formula is C21H23N5O3S2. The van der Waals surface area contributed by atoms with Crippen molar-refractivity contribution in [1.29, 1.82) is 0 Å². The minimum Gasteiger partial charge on any atom is -0.326 e. The molecule has 1 N–H and O–H groups in total. The van der Waals surface area contributed by atoms with Crippen molar-refractivity contribution in [3.63, 3.8) is 0 Å². The maximum absolute atomic E-state index is 12.9. The fourth-order valence-corrected chi connectivity index (χ4v) is 5.57. The lowest BCUT2D eigenvalue weighted by atomic mass is 10.2. The Morgan fingerprint density at radius 2 is 1.97 bits per heavy atom. The van der Waals surface area contributed by atoms with Crippen LogP contribution < -0.4 is 5.32 Å². The van der Waals surface area contributed by atoms with E-state index in [1.165, 1.54) is 21.7 Å². The van der Waals surface area contributed by atoms with Gasteiger partial charge in [-0.15, -0.1) is 11.3 Å². The van der Waals surface area contributed by atoms with E-state index >= 15 is 0 Å². The average molecular weight is 458 g/mol. The van der Waals surface area contributed by atoms with Crippen LogP contribution in [-0.4, -0.2) is 66.7 Å². The summed E-state index contributed by atoms with van der Waals surface area (Å²) in [6, 6.07) is 10.1. The molecule has 0 aliphatic carbocycles. The van der Waals surface area contributed by atoms with Crippen molar-refractivity contribution in [3.05, 3.63) is 59.9 Å². The van der Waals surface area contributed by atoms with Crippen LogP contribution in [0.1, 0.15) is 5.69 Å². The molecule has 4 rings (SSSR count). The Balaban J connectivity index is 1.42. The highest BCUT2D eigenvalue weighted by atomic mass is 32.2. The van der Waals surface area contributed by atoms with E-state index in [-0.39, 0.29) is 17.2 Å². The van der Waals surface area contributed by atoms with E-state index in [0.717, 1.165) is 10.6 Å². The third-order valence-corrected chi connectivity index (χ3v) is 7.85. The SMILES string of the molecule is CN1CCN(S(=O)(=O)c2cccc(NC(=O)Cc3csc(-c4cccnc4)n3)c2)CC1.